The smallest absolute Gasteiger partial charge is 2.00 e. The zero-order valence-electron chi connectivity index (χ0n) is 8.83. The molecular formula is C9H14CoFeO6+3. The third kappa shape index (κ3) is 11.9. The first-order chi connectivity index (χ1) is 6.30. The second-order valence-electron chi connectivity index (χ2n) is 2.60. The Bertz CT molecular complexity index is 242. The molecule has 1 aromatic rings. The van der Waals surface area contributed by atoms with Gasteiger partial charge in [0.15, 0.2) is 0 Å². The van der Waals surface area contributed by atoms with Gasteiger partial charge in [-0.3, -0.25) is 0 Å². The summed E-state index contributed by atoms with van der Waals surface area (Å²) in [6.07, 6.45) is 3.88. The number of carboxylic acids is 1. The van der Waals surface area contributed by atoms with Crippen LogP contribution in [0.3, 0.4) is 0 Å². The predicted molar refractivity (Wildman–Crippen MR) is 50.0 cm³/mol. The van der Waals surface area contributed by atoms with Gasteiger partial charge in [0.25, 0.3) is 0 Å². The van der Waals surface area contributed by atoms with Crippen molar-refractivity contribution < 1.29 is 63.9 Å². The van der Waals surface area contributed by atoms with Crippen LogP contribution in [0.25, 0.3) is 0 Å². The Labute approximate surface area is 120 Å². The maximum atomic E-state index is 9.97. The Balaban J connectivity index is -0.0000000849. The maximum Gasteiger partial charge on any atom is 3.00 e. The van der Waals surface area contributed by atoms with Crippen LogP contribution in [-0.2, 0) is 44.1 Å². The van der Waals surface area contributed by atoms with Crippen molar-refractivity contribution in [2.75, 3.05) is 13.2 Å². The van der Waals surface area contributed by atoms with E-state index in [1.165, 1.54) is 31.2 Å². The van der Waals surface area contributed by atoms with Crippen molar-refractivity contribution in [2.45, 2.75) is 12.8 Å². The molecule has 0 spiro atoms. The Morgan fingerprint density at radius 3 is 2.00 bits per heavy atom. The van der Waals surface area contributed by atoms with Crippen molar-refractivity contribution in [2.24, 2.45) is 0 Å². The minimum atomic E-state index is -1.03. The molecular weight excluding hydrogens is 319 g/mol. The molecule has 8 heteroatoms. The summed E-state index contributed by atoms with van der Waals surface area (Å²) in [6, 6.07) is 2.92. The van der Waals surface area contributed by atoms with E-state index in [-0.39, 0.29) is 50.6 Å². The normalized spacial score (nSPS) is 11.3. The van der Waals surface area contributed by atoms with Gasteiger partial charge in [-0.25, -0.2) is 4.79 Å². The number of aromatic carboxylic acids is 1. The molecule has 0 amide bonds. The predicted octanol–water partition coefficient (Wildman–Crippen LogP) is 0.826. The summed E-state index contributed by atoms with van der Waals surface area (Å²) in [5.74, 6) is -1.06. The Morgan fingerprint density at radius 2 is 1.82 bits per heavy atom. The molecule has 2 heterocycles. The molecule has 1 aliphatic rings. The average Bonchev–Trinajstić information content (AvgIpc) is 2.82. The maximum absolute atomic E-state index is 9.97. The number of hydrogen-bond acceptors (Lipinski definition) is 3. The average molecular weight is 333 g/mol. The van der Waals surface area contributed by atoms with E-state index in [1.54, 1.807) is 0 Å². The summed E-state index contributed by atoms with van der Waals surface area (Å²) < 4.78 is 9.44. The fraction of sp³-hybridized carbons (Fsp3) is 0.444. The second-order valence-corrected chi connectivity index (χ2v) is 2.60. The number of furan rings is 1. The van der Waals surface area contributed by atoms with Crippen LogP contribution in [0.15, 0.2) is 22.8 Å². The van der Waals surface area contributed by atoms with Gasteiger partial charge >= 0.3 is 39.8 Å². The number of ether oxygens (including phenoxy) is 1. The van der Waals surface area contributed by atoms with Gasteiger partial charge in [0, 0.05) is 13.2 Å². The van der Waals surface area contributed by atoms with Gasteiger partial charge in [-0.05, 0) is 25.0 Å². The number of hydrogen-bond donors (Lipinski definition) is 1. The molecule has 1 saturated heterocycles. The van der Waals surface area contributed by atoms with Crippen molar-refractivity contribution in [3.05, 3.63) is 24.2 Å². The van der Waals surface area contributed by atoms with Crippen LogP contribution in [0.1, 0.15) is 23.4 Å². The molecule has 0 aliphatic carbocycles. The van der Waals surface area contributed by atoms with E-state index in [1.807, 2.05) is 0 Å². The summed E-state index contributed by atoms with van der Waals surface area (Å²) in [6.45, 7) is 2.00. The standard InChI is InChI=1S/C5H4O3.C4H8O.Co.Fe.H2O.O/c6-5(7)4-2-1-3-8-4;1-2-4-5-3-1;;;;/h1-3H,(H,6,7);1-4H2;;;1H2;/q;;+2;+3;;-2. The molecule has 0 bridgehead atoms. The zero-order valence-corrected chi connectivity index (χ0v) is 11.0. The van der Waals surface area contributed by atoms with E-state index in [0.29, 0.717) is 0 Å². The topological polar surface area (TPSA) is 120 Å². The molecule has 2 rings (SSSR count). The minimum Gasteiger partial charge on any atom is -2.00 e. The van der Waals surface area contributed by atoms with E-state index >= 15 is 0 Å². The van der Waals surface area contributed by atoms with Gasteiger partial charge in [0.1, 0.15) is 0 Å². The third-order valence-electron chi connectivity index (χ3n) is 1.56. The van der Waals surface area contributed by atoms with Gasteiger partial charge < -0.3 is 25.2 Å². The van der Waals surface area contributed by atoms with E-state index in [2.05, 4.69) is 4.42 Å². The number of carboxylic acid groups (broad SMARTS) is 1. The van der Waals surface area contributed by atoms with Crippen molar-refractivity contribution in [3.63, 3.8) is 0 Å². The summed E-state index contributed by atoms with van der Waals surface area (Å²) in [5, 5.41) is 8.18. The molecule has 2 radical (unpaired) electrons. The number of carbonyl (C=O) groups is 1. The summed E-state index contributed by atoms with van der Waals surface area (Å²) in [5.41, 5.74) is 0. The van der Waals surface area contributed by atoms with Crippen LogP contribution in [0.4, 0.5) is 0 Å². The molecule has 1 fully saturated rings. The van der Waals surface area contributed by atoms with Crippen molar-refractivity contribution in [1.29, 1.82) is 0 Å². The second kappa shape index (κ2) is 15.7. The third-order valence-corrected chi connectivity index (χ3v) is 1.56. The Kier molecular flexibility index (Phi) is 23.5. The fourth-order valence-electron chi connectivity index (χ4n) is 0.911. The monoisotopic (exact) mass is 333 g/mol. The summed E-state index contributed by atoms with van der Waals surface area (Å²) >= 11 is 0. The molecule has 3 N–H and O–H groups in total. The van der Waals surface area contributed by atoms with Crippen LogP contribution in [0.5, 0.6) is 0 Å². The van der Waals surface area contributed by atoms with Gasteiger partial charge in [0.2, 0.25) is 5.76 Å². The quantitative estimate of drug-likeness (QED) is 0.765. The first-order valence-corrected chi connectivity index (χ1v) is 4.15. The molecule has 0 aromatic carbocycles. The van der Waals surface area contributed by atoms with Crippen molar-refractivity contribution >= 4 is 5.97 Å². The van der Waals surface area contributed by atoms with Crippen LogP contribution in [-0.4, -0.2) is 29.8 Å². The largest absolute Gasteiger partial charge is 3.00 e. The number of rotatable bonds is 1. The van der Waals surface area contributed by atoms with Crippen LogP contribution in [0.2, 0.25) is 0 Å². The molecule has 1 aromatic heterocycles. The van der Waals surface area contributed by atoms with Crippen LogP contribution in [0, 0.1) is 0 Å². The summed E-state index contributed by atoms with van der Waals surface area (Å²) in [4.78, 5) is 9.97. The molecule has 100 valence electrons. The van der Waals surface area contributed by atoms with Crippen molar-refractivity contribution in [1.82, 2.24) is 0 Å². The van der Waals surface area contributed by atoms with Crippen LogP contribution >= 0.6 is 0 Å². The van der Waals surface area contributed by atoms with E-state index in [0.717, 1.165) is 13.2 Å². The summed E-state index contributed by atoms with van der Waals surface area (Å²) in [7, 11) is 0. The zero-order chi connectivity index (χ0) is 9.52. The van der Waals surface area contributed by atoms with Gasteiger partial charge in [0.05, 0.1) is 6.26 Å². The van der Waals surface area contributed by atoms with Gasteiger partial charge in [-0.15, -0.1) is 0 Å². The first kappa shape index (κ1) is 25.5. The van der Waals surface area contributed by atoms with Crippen molar-refractivity contribution in [3.8, 4) is 0 Å². The van der Waals surface area contributed by atoms with E-state index < -0.39 is 5.97 Å². The molecule has 1 aliphatic heterocycles. The molecule has 17 heavy (non-hydrogen) atoms. The molecule has 0 unspecified atom stereocenters. The SMILES string of the molecule is C1CCOC1.O.O=C(O)c1ccco1.[Co+2].[Fe+3].[O-2]. The fourth-order valence-corrected chi connectivity index (χ4v) is 0.911. The molecule has 0 atom stereocenters. The van der Waals surface area contributed by atoms with E-state index in [9.17, 15) is 4.79 Å². The minimum absolute atomic E-state index is 0. The Hall–Kier alpha value is -0.344. The van der Waals surface area contributed by atoms with Crippen LogP contribution < -0.4 is 0 Å². The van der Waals surface area contributed by atoms with Gasteiger partial charge in [-0.1, -0.05) is 0 Å². The Morgan fingerprint density at radius 1 is 1.29 bits per heavy atom. The molecule has 0 saturated carbocycles. The van der Waals surface area contributed by atoms with E-state index in [4.69, 9.17) is 9.84 Å². The molecule has 6 nitrogen and oxygen atoms in total. The first-order valence-electron chi connectivity index (χ1n) is 4.15. The van der Waals surface area contributed by atoms with Gasteiger partial charge in [-0.2, -0.15) is 0 Å².